The van der Waals surface area contributed by atoms with Crippen LogP contribution in [0, 0.1) is 5.82 Å². The van der Waals surface area contributed by atoms with Crippen molar-refractivity contribution in [3.8, 4) is 0 Å². The molecule has 1 aliphatic heterocycles. The van der Waals surface area contributed by atoms with Gasteiger partial charge >= 0.3 is 0 Å². The van der Waals surface area contributed by atoms with Crippen LogP contribution in [-0.2, 0) is 6.54 Å². The first kappa shape index (κ1) is 21.4. The first-order valence-corrected chi connectivity index (χ1v) is 9.91. The summed E-state index contributed by atoms with van der Waals surface area (Å²) < 4.78 is 15.0. The third kappa shape index (κ3) is 5.78. The molecule has 9 heteroatoms. The Morgan fingerprint density at radius 1 is 1.46 bits per heavy atom. The van der Waals surface area contributed by atoms with E-state index in [1.54, 1.807) is 23.6 Å². The number of hydrogen-bond acceptors (Lipinski definition) is 4. The number of halogens is 3. The van der Waals surface area contributed by atoms with Crippen molar-refractivity contribution < 1.29 is 4.39 Å². The van der Waals surface area contributed by atoms with Crippen LogP contribution in [0.4, 0.5) is 10.2 Å². The lowest BCUT2D eigenvalue weighted by Gasteiger charge is -2.19. The quantitative estimate of drug-likeness (QED) is 0.334. The van der Waals surface area contributed by atoms with Crippen LogP contribution in [-0.4, -0.2) is 36.6 Å². The number of anilines is 1. The first-order valence-electron chi connectivity index (χ1n) is 8.30. The van der Waals surface area contributed by atoms with E-state index in [4.69, 9.17) is 0 Å². The number of pyridine rings is 1. The molecule has 2 N–H and O–H groups in total. The van der Waals surface area contributed by atoms with Gasteiger partial charge in [-0.3, -0.25) is 0 Å². The maximum absolute atomic E-state index is 13.9. The molecule has 0 aromatic carbocycles. The van der Waals surface area contributed by atoms with Crippen LogP contribution in [0.5, 0.6) is 0 Å². The molecule has 0 bridgehead atoms. The minimum absolute atomic E-state index is 0. The maximum atomic E-state index is 13.9. The Labute approximate surface area is 182 Å². The summed E-state index contributed by atoms with van der Waals surface area (Å²) >= 11 is 5.16. The van der Waals surface area contributed by atoms with Gasteiger partial charge in [-0.2, -0.15) is 0 Å². The van der Waals surface area contributed by atoms with E-state index < -0.39 is 0 Å². The highest BCUT2D eigenvalue weighted by molar-refractivity contribution is 14.0. The van der Waals surface area contributed by atoms with Gasteiger partial charge in [-0.25, -0.2) is 14.4 Å². The molecule has 1 fully saturated rings. The van der Waals surface area contributed by atoms with Gasteiger partial charge in [0.15, 0.2) is 17.6 Å². The Hall–Kier alpha value is -0.940. The molecule has 3 rings (SSSR count). The molecule has 5 nitrogen and oxygen atoms in total. The third-order valence-corrected chi connectivity index (χ3v) is 5.54. The second-order valence-corrected chi connectivity index (χ2v) is 8.33. The molecule has 0 amide bonds. The Morgan fingerprint density at radius 3 is 3.00 bits per heavy atom. The summed E-state index contributed by atoms with van der Waals surface area (Å²) in [4.78, 5) is 12.0. The minimum Gasteiger partial charge on any atom is -0.357 e. The van der Waals surface area contributed by atoms with Crippen molar-refractivity contribution in [1.29, 1.82) is 0 Å². The van der Waals surface area contributed by atoms with Crippen molar-refractivity contribution in [1.82, 2.24) is 15.6 Å². The largest absolute Gasteiger partial charge is 0.357 e. The second kappa shape index (κ2) is 10.4. The zero-order valence-corrected chi connectivity index (χ0v) is 19.1. The van der Waals surface area contributed by atoms with E-state index in [1.165, 1.54) is 10.9 Å². The Balaban J connectivity index is 0.00000243. The molecule has 0 saturated carbocycles. The Kier molecular flexibility index (Phi) is 8.55. The molecule has 26 heavy (non-hydrogen) atoms. The average molecular weight is 554 g/mol. The van der Waals surface area contributed by atoms with Crippen LogP contribution < -0.4 is 15.5 Å². The van der Waals surface area contributed by atoms with E-state index in [0.29, 0.717) is 18.9 Å². The summed E-state index contributed by atoms with van der Waals surface area (Å²) in [6.07, 6.45) is 2.55. The molecule has 0 aliphatic carbocycles. The summed E-state index contributed by atoms with van der Waals surface area (Å²) in [5, 5.41) is 6.73. The number of nitrogens with zero attached hydrogens (tertiary/aromatic N) is 3. The number of aliphatic imine (C=N–C) groups is 1. The first-order chi connectivity index (χ1) is 12.2. The fraction of sp³-hybridized carbons (Fsp3) is 0.412. The zero-order chi connectivity index (χ0) is 17.6. The predicted octanol–water partition coefficient (Wildman–Crippen LogP) is 4.00. The van der Waals surface area contributed by atoms with Crippen LogP contribution in [0.2, 0.25) is 0 Å². The standard InChI is InChI=1S/C17H21BrFN5S.HI/c1-2-20-17(22-10-13-5-6-15(18)25-13)23-12-7-9-24(11-12)16-14(19)4-3-8-21-16;/h3-6,8,12H,2,7,9-11H2,1H3,(H2,20,22,23);1H. The van der Waals surface area contributed by atoms with Crippen LogP contribution in [0.25, 0.3) is 0 Å². The van der Waals surface area contributed by atoms with E-state index in [9.17, 15) is 4.39 Å². The van der Waals surface area contributed by atoms with Crippen LogP contribution in [0.3, 0.4) is 0 Å². The SMILES string of the molecule is CCNC(=NCc1ccc(Br)s1)NC1CCN(c2ncccc2F)C1.I. The van der Waals surface area contributed by atoms with Crippen molar-refractivity contribution >= 4 is 63.0 Å². The molecule has 0 spiro atoms. The number of aromatic nitrogens is 1. The van der Waals surface area contributed by atoms with E-state index in [0.717, 1.165) is 29.3 Å². The summed E-state index contributed by atoms with van der Waals surface area (Å²) in [7, 11) is 0. The molecule has 3 heterocycles. The molecule has 2 aromatic heterocycles. The van der Waals surface area contributed by atoms with Crippen LogP contribution in [0.15, 0.2) is 39.2 Å². The normalized spacial score (nSPS) is 17.1. The van der Waals surface area contributed by atoms with Crippen molar-refractivity contribution in [2.75, 3.05) is 24.5 Å². The maximum Gasteiger partial charge on any atom is 0.191 e. The van der Waals surface area contributed by atoms with Gasteiger partial charge in [0.05, 0.1) is 10.3 Å². The highest BCUT2D eigenvalue weighted by atomic mass is 127. The molecule has 1 aliphatic rings. The van der Waals surface area contributed by atoms with Gasteiger partial charge in [0.1, 0.15) is 0 Å². The fourth-order valence-electron chi connectivity index (χ4n) is 2.79. The summed E-state index contributed by atoms with van der Waals surface area (Å²) in [6, 6.07) is 7.39. The van der Waals surface area contributed by atoms with Crippen molar-refractivity contribution in [3.63, 3.8) is 0 Å². The van der Waals surface area contributed by atoms with Gasteiger partial charge in [-0.05, 0) is 53.5 Å². The molecule has 2 aromatic rings. The van der Waals surface area contributed by atoms with E-state index in [-0.39, 0.29) is 35.8 Å². The molecule has 142 valence electrons. The highest BCUT2D eigenvalue weighted by Crippen LogP contribution is 2.23. The Bertz CT molecular complexity index is 741. The molecule has 1 atom stereocenters. The number of rotatable bonds is 5. The molecule has 1 saturated heterocycles. The van der Waals surface area contributed by atoms with Gasteiger partial charge in [-0.15, -0.1) is 35.3 Å². The lowest BCUT2D eigenvalue weighted by molar-refractivity contribution is 0.612. The van der Waals surface area contributed by atoms with Gasteiger partial charge in [-0.1, -0.05) is 0 Å². The van der Waals surface area contributed by atoms with Crippen LogP contribution >= 0.6 is 51.2 Å². The number of hydrogen-bond donors (Lipinski definition) is 2. The summed E-state index contributed by atoms with van der Waals surface area (Å²) in [6.45, 7) is 4.97. The van der Waals surface area contributed by atoms with E-state index in [1.807, 2.05) is 17.9 Å². The zero-order valence-electron chi connectivity index (χ0n) is 14.4. The smallest absolute Gasteiger partial charge is 0.191 e. The van der Waals surface area contributed by atoms with Gasteiger partial charge in [0.2, 0.25) is 0 Å². The van der Waals surface area contributed by atoms with Gasteiger partial charge in [0, 0.05) is 36.8 Å². The molecule has 1 unspecified atom stereocenters. The van der Waals surface area contributed by atoms with Crippen molar-refractivity contribution in [2.24, 2.45) is 4.99 Å². The Morgan fingerprint density at radius 2 is 2.31 bits per heavy atom. The lowest BCUT2D eigenvalue weighted by atomic mass is 10.3. The van der Waals surface area contributed by atoms with Crippen molar-refractivity contribution in [2.45, 2.75) is 25.9 Å². The topological polar surface area (TPSA) is 52.6 Å². The summed E-state index contributed by atoms with van der Waals surface area (Å²) in [5.41, 5.74) is 0. The minimum atomic E-state index is -0.271. The van der Waals surface area contributed by atoms with Crippen molar-refractivity contribution in [3.05, 3.63) is 44.9 Å². The predicted molar refractivity (Wildman–Crippen MR) is 120 cm³/mol. The summed E-state index contributed by atoms with van der Waals surface area (Å²) in [5.74, 6) is 0.949. The highest BCUT2D eigenvalue weighted by Gasteiger charge is 2.25. The molecular weight excluding hydrogens is 532 g/mol. The third-order valence-electron chi connectivity index (χ3n) is 3.93. The van der Waals surface area contributed by atoms with E-state index in [2.05, 4.69) is 42.6 Å². The van der Waals surface area contributed by atoms with Crippen LogP contribution in [0.1, 0.15) is 18.2 Å². The average Bonchev–Trinajstić information content (AvgIpc) is 3.22. The van der Waals surface area contributed by atoms with Gasteiger partial charge < -0.3 is 15.5 Å². The number of guanidine groups is 1. The monoisotopic (exact) mass is 553 g/mol. The lowest BCUT2D eigenvalue weighted by Crippen LogP contribution is -2.44. The molecule has 0 radical (unpaired) electrons. The fourth-order valence-corrected chi connectivity index (χ4v) is 4.20. The van der Waals surface area contributed by atoms with Gasteiger partial charge in [0.25, 0.3) is 0 Å². The van der Waals surface area contributed by atoms with E-state index >= 15 is 0 Å². The number of nitrogens with one attached hydrogen (secondary N) is 2. The second-order valence-electron chi connectivity index (χ2n) is 5.79. The number of thiophene rings is 1. The molecular formula is C17H22BrFIN5S.